The Morgan fingerprint density at radius 3 is 2.41 bits per heavy atom. The van der Waals surface area contributed by atoms with Crippen LogP contribution in [0.5, 0.6) is 0 Å². The quantitative estimate of drug-likeness (QED) is 0.794. The van der Waals surface area contributed by atoms with Crippen molar-refractivity contribution in [2.24, 2.45) is 5.92 Å². The Kier molecular flexibility index (Phi) is 3.46. The first-order valence-electron chi connectivity index (χ1n) is 6.73. The van der Waals surface area contributed by atoms with Crippen LogP contribution in [-0.2, 0) is 16.2 Å². The van der Waals surface area contributed by atoms with Crippen molar-refractivity contribution in [3.63, 3.8) is 0 Å². The average Bonchev–Trinajstić information content (AvgIpc) is 3.10. The van der Waals surface area contributed by atoms with Crippen LogP contribution in [0.1, 0.15) is 27.6 Å². The van der Waals surface area contributed by atoms with Gasteiger partial charge in [-0.15, -0.1) is 0 Å². The molecule has 0 spiro atoms. The van der Waals surface area contributed by atoms with Crippen LogP contribution in [0.4, 0.5) is 0 Å². The number of hydrogen-bond acceptors (Lipinski definition) is 5. The molecule has 112 valence electrons. The van der Waals surface area contributed by atoms with Crippen LogP contribution < -0.4 is 0 Å². The smallest absolute Gasteiger partial charge is 0.337 e. The maximum absolute atomic E-state index is 12.1. The number of amides is 2. The van der Waals surface area contributed by atoms with Gasteiger partial charge < -0.3 is 9.40 Å². The number of carbonyl (C=O) groups is 3. The molecule has 1 unspecified atom stereocenters. The molecule has 3 rings (SSSR count). The van der Waals surface area contributed by atoms with E-state index in [0.29, 0.717) is 11.6 Å². The van der Waals surface area contributed by atoms with E-state index in [9.17, 15) is 14.4 Å². The summed E-state index contributed by atoms with van der Waals surface area (Å²) in [5.74, 6) is -2.42. The number of carbonyl (C=O) groups excluding carboxylic acids is 3. The van der Waals surface area contributed by atoms with Crippen molar-refractivity contribution in [1.29, 1.82) is 0 Å². The molecule has 1 atom stereocenters. The topological polar surface area (TPSA) is 81.5 Å². The van der Waals surface area contributed by atoms with E-state index in [0.717, 1.165) is 0 Å². The zero-order valence-corrected chi connectivity index (χ0v) is 11.8. The van der Waals surface area contributed by atoms with Gasteiger partial charge in [-0.3, -0.25) is 9.59 Å². The lowest BCUT2D eigenvalue weighted by Gasteiger charge is -2.16. The molecule has 2 amide bonds. The molecule has 0 saturated carbocycles. The molecule has 0 aliphatic carbocycles. The van der Waals surface area contributed by atoms with E-state index in [1.165, 1.54) is 12.1 Å². The molecular formula is C15H13N3O4. The predicted molar refractivity (Wildman–Crippen MR) is 74.4 cm³/mol. The molecule has 1 aliphatic rings. The van der Waals surface area contributed by atoms with Gasteiger partial charge in [0.05, 0.1) is 23.4 Å². The van der Waals surface area contributed by atoms with E-state index in [4.69, 9.17) is 4.84 Å². The molecule has 0 N–H and O–H groups in total. The second kappa shape index (κ2) is 5.44. The van der Waals surface area contributed by atoms with E-state index in [-0.39, 0.29) is 11.1 Å². The summed E-state index contributed by atoms with van der Waals surface area (Å²) >= 11 is 0. The van der Waals surface area contributed by atoms with Gasteiger partial charge in [0.15, 0.2) is 0 Å². The van der Waals surface area contributed by atoms with Gasteiger partial charge in [-0.25, -0.2) is 9.78 Å². The predicted octanol–water partition coefficient (Wildman–Crippen LogP) is 1.27. The van der Waals surface area contributed by atoms with Crippen LogP contribution >= 0.6 is 0 Å². The van der Waals surface area contributed by atoms with Crippen LogP contribution in [0.15, 0.2) is 43.0 Å². The summed E-state index contributed by atoms with van der Waals surface area (Å²) in [7, 11) is 0. The standard InChI is InChI=1S/C15H13N3O4/c1-10(8-17-7-6-16-9-17)15(21)22-18-13(19)11-4-2-3-5-12(11)14(18)20/h2-7,9-10H,8H2,1H3. The number of fused-ring (bicyclic) bond motifs is 1. The Bertz CT molecular complexity index is 704. The molecule has 1 aliphatic heterocycles. The van der Waals surface area contributed by atoms with Crippen molar-refractivity contribution in [2.75, 3.05) is 0 Å². The number of imidazole rings is 1. The van der Waals surface area contributed by atoms with E-state index in [1.54, 1.807) is 42.3 Å². The summed E-state index contributed by atoms with van der Waals surface area (Å²) in [5.41, 5.74) is 0.477. The largest absolute Gasteiger partial charge is 0.337 e. The van der Waals surface area contributed by atoms with Gasteiger partial charge in [0.25, 0.3) is 11.8 Å². The lowest BCUT2D eigenvalue weighted by molar-refractivity contribution is -0.173. The van der Waals surface area contributed by atoms with Crippen molar-refractivity contribution >= 4 is 17.8 Å². The van der Waals surface area contributed by atoms with Crippen LogP contribution in [0, 0.1) is 5.92 Å². The Labute approximate surface area is 126 Å². The molecule has 7 nitrogen and oxygen atoms in total. The number of rotatable bonds is 4. The first kappa shape index (κ1) is 14.0. The third-order valence-electron chi connectivity index (χ3n) is 3.38. The number of benzene rings is 1. The van der Waals surface area contributed by atoms with Crippen LogP contribution in [0.3, 0.4) is 0 Å². The zero-order valence-electron chi connectivity index (χ0n) is 11.8. The fourth-order valence-electron chi connectivity index (χ4n) is 2.22. The molecule has 7 heteroatoms. The van der Waals surface area contributed by atoms with Crippen molar-refractivity contribution < 1.29 is 19.2 Å². The summed E-state index contributed by atoms with van der Waals surface area (Å²) < 4.78 is 1.72. The van der Waals surface area contributed by atoms with Gasteiger partial charge in [0.2, 0.25) is 0 Å². The van der Waals surface area contributed by atoms with E-state index in [2.05, 4.69) is 4.98 Å². The minimum absolute atomic E-state index is 0.238. The SMILES string of the molecule is CC(Cn1ccnc1)C(=O)ON1C(=O)c2ccccc2C1=O. The molecule has 1 aromatic carbocycles. The Morgan fingerprint density at radius 1 is 1.23 bits per heavy atom. The van der Waals surface area contributed by atoms with Gasteiger partial charge in [0.1, 0.15) is 0 Å². The number of hydroxylamine groups is 2. The first-order valence-corrected chi connectivity index (χ1v) is 6.73. The van der Waals surface area contributed by atoms with Crippen LogP contribution in [0.25, 0.3) is 0 Å². The number of imide groups is 1. The summed E-state index contributed by atoms with van der Waals surface area (Å²) in [4.78, 5) is 45.1. The maximum Gasteiger partial charge on any atom is 0.337 e. The number of aromatic nitrogens is 2. The molecule has 0 bridgehead atoms. The minimum atomic E-state index is -0.650. The highest BCUT2D eigenvalue weighted by molar-refractivity contribution is 6.20. The van der Waals surface area contributed by atoms with Gasteiger partial charge in [-0.2, -0.15) is 0 Å². The lowest BCUT2D eigenvalue weighted by Crippen LogP contribution is -2.35. The highest BCUT2D eigenvalue weighted by Gasteiger charge is 2.39. The molecule has 2 aromatic rings. The molecule has 22 heavy (non-hydrogen) atoms. The average molecular weight is 299 g/mol. The third-order valence-corrected chi connectivity index (χ3v) is 3.38. The van der Waals surface area contributed by atoms with Crippen molar-refractivity contribution in [3.05, 3.63) is 54.1 Å². The number of nitrogens with zero attached hydrogens (tertiary/aromatic N) is 3. The van der Waals surface area contributed by atoms with Gasteiger partial charge in [-0.05, 0) is 12.1 Å². The summed E-state index contributed by atoms with van der Waals surface area (Å²) in [6.07, 6.45) is 4.89. The Balaban J connectivity index is 1.70. The van der Waals surface area contributed by atoms with E-state index in [1.807, 2.05) is 0 Å². The highest BCUT2D eigenvalue weighted by Crippen LogP contribution is 2.23. The summed E-state index contributed by atoms with van der Waals surface area (Å²) in [5, 5.41) is 0.525. The lowest BCUT2D eigenvalue weighted by atomic mass is 10.1. The number of hydrogen-bond donors (Lipinski definition) is 0. The fraction of sp³-hybridized carbons (Fsp3) is 0.200. The van der Waals surface area contributed by atoms with Crippen molar-refractivity contribution in [3.8, 4) is 0 Å². The Morgan fingerprint density at radius 2 is 1.86 bits per heavy atom. The summed E-state index contributed by atoms with van der Waals surface area (Å²) in [6.45, 7) is 2.00. The molecular weight excluding hydrogens is 286 g/mol. The molecule has 2 heterocycles. The van der Waals surface area contributed by atoms with Crippen LogP contribution in [0.2, 0.25) is 0 Å². The van der Waals surface area contributed by atoms with Gasteiger partial charge in [0, 0.05) is 18.9 Å². The van der Waals surface area contributed by atoms with E-state index < -0.39 is 23.7 Å². The monoisotopic (exact) mass is 299 g/mol. The van der Waals surface area contributed by atoms with Crippen LogP contribution in [-0.4, -0.2) is 32.4 Å². The third kappa shape index (κ3) is 2.37. The first-order chi connectivity index (χ1) is 10.6. The second-order valence-electron chi connectivity index (χ2n) is 5.02. The van der Waals surface area contributed by atoms with Crippen molar-refractivity contribution in [1.82, 2.24) is 14.6 Å². The van der Waals surface area contributed by atoms with Gasteiger partial charge in [-0.1, -0.05) is 24.1 Å². The Hall–Kier alpha value is -2.96. The molecule has 0 fully saturated rings. The van der Waals surface area contributed by atoms with E-state index >= 15 is 0 Å². The fourth-order valence-corrected chi connectivity index (χ4v) is 2.22. The highest BCUT2D eigenvalue weighted by atomic mass is 16.7. The molecule has 0 radical (unpaired) electrons. The maximum atomic E-state index is 12.1. The van der Waals surface area contributed by atoms with Crippen molar-refractivity contribution in [2.45, 2.75) is 13.5 Å². The van der Waals surface area contributed by atoms with Gasteiger partial charge >= 0.3 is 5.97 Å². The minimum Gasteiger partial charge on any atom is -0.337 e. The normalized spacial score (nSPS) is 14.9. The zero-order chi connectivity index (χ0) is 15.7. The molecule has 0 saturated heterocycles. The molecule has 1 aromatic heterocycles. The second-order valence-corrected chi connectivity index (χ2v) is 5.02. The summed E-state index contributed by atoms with van der Waals surface area (Å²) in [6, 6.07) is 6.35.